The number of carbonyl (C=O) groups is 2. The van der Waals surface area contributed by atoms with Crippen molar-refractivity contribution in [3.05, 3.63) is 142 Å². The standard InChI is InChI=1S/C24H26N6O.C13H14N2O2.C11H14N4/c1-15-4-5-20(13-22(15)23-16(2)26-17(3)27-23)24(31)29-9-6-18(7-10-29)19-8-11-30-21(12-19)14-25-28-30;1-7-4-5-10(13(16)17)6-11(7)12-8(2)14-9(3)15-12;1-4-12-5-2-9(1)10-3-6-15-11(7-10)8-13-14-15/h4-5,8,11-14,18H,6-7,9-10H2,1-3H3,(H,26,27);4-6H,1-3H3,(H,14,15)(H,16,17);3,6-9,12H,1-2,4-5H2. The number of carboxylic acid groups (broad SMARTS) is 1. The van der Waals surface area contributed by atoms with Gasteiger partial charge in [-0.3, -0.25) is 4.79 Å². The summed E-state index contributed by atoms with van der Waals surface area (Å²) in [6.07, 6.45) is 11.9. The Hall–Kier alpha value is -7.00. The highest BCUT2D eigenvalue weighted by molar-refractivity contribution is 5.96. The first-order valence-corrected chi connectivity index (χ1v) is 21.5. The zero-order valence-electron chi connectivity index (χ0n) is 36.7. The summed E-state index contributed by atoms with van der Waals surface area (Å²) >= 11 is 0. The SMILES string of the molecule is Cc1nc(-c2cc(C(=O)N3CCC(c4ccn5nncc5c4)CC3)ccc2C)c(C)[nH]1.Cc1nc(-c2cc(C(=O)O)ccc2C)c(C)[nH]1.c1cn2nncc2cc1C1CCNCC1. The van der Waals surface area contributed by atoms with Crippen molar-refractivity contribution >= 4 is 22.9 Å². The third kappa shape index (κ3) is 9.58. The molecule has 8 aromatic rings. The van der Waals surface area contributed by atoms with E-state index in [9.17, 15) is 9.59 Å². The molecule has 324 valence electrons. The van der Waals surface area contributed by atoms with Crippen LogP contribution >= 0.6 is 0 Å². The van der Waals surface area contributed by atoms with Crippen molar-refractivity contribution in [3.63, 3.8) is 0 Å². The van der Waals surface area contributed by atoms with Gasteiger partial charge in [-0.2, -0.15) is 0 Å². The number of imidazole rings is 2. The van der Waals surface area contributed by atoms with Gasteiger partial charge in [-0.1, -0.05) is 22.6 Å². The van der Waals surface area contributed by atoms with Crippen LogP contribution in [0.1, 0.15) is 104 Å². The predicted molar refractivity (Wildman–Crippen MR) is 242 cm³/mol. The van der Waals surface area contributed by atoms with Gasteiger partial charge < -0.3 is 25.3 Å². The van der Waals surface area contributed by atoms with Crippen LogP contribution in [0.25, 0.3) is 33.5 Å². The van der Waals surface area contributed by atoms with Gasteiger partial charge in [0.15, 0.2) is 0 Å². The van der Waals surface area contributed by atoms with Gasteiger partial charge in [0.2, 0.25) is 0 Å². The molecule has 0 atom stereocenters. The Morgan fingerprint density at radius 2 is 1.10 bits per heavy atom. The number of nitrogens with zero attached hydrogens (tertiary/aromatic N) is 9. The predicted octanol–water partition coefficient (Wildman–Crippen LogP) is 7.96. The molecule has 2 aromatic carbocycles. The lowest BCUT2D eigenvalue weighted by atomic mass is 9.89. The summed E-state index contributed by atoms with van der Waals surface area (Å²) in [7, 11) is 0. The van der Waals surface area contributed by atoms with Crippen LogP contribution < -0.4 is 5.32 Å². The number of carbonyl (C=O) groups excluding carboxylic acids is 1. The van der Waals surface area contributed by atoms with Crippen LogP contribution in [0.2, 0.25) is 0 Å². The normalized spacial score (nSPS) is 14.6. The van der Waals surface area contributed by atoms with Crippen molar-refractivity contribution in [1.29, 1.82) is 0 Å². The van der Waals surface area contributed by atoms with E-state index in [0.29, 0.717) is 11.8 Å². The average Bonchev–Trinajstić information content (AvgIpc) is 4.11. The molecule has 63 heavy (non-hydrogen) atoms. The van der Waals surface area contributed by atoms with Gasteiger partial charge in [-0.25, -0.2) is 23.8 Å². The number of benzene rings is 2. The smallest absolute Gasteiger partial charge is 0.335 e. The molecule has 2 fully saturated rings. The lowest BCUT2D eigenvalue weighted by Gasteiger charge is -2.32. The molecule has 15 nitrogen and oxygen atoms in total. The van der Waals surface area contributed by atoms with Crippen LogP contribution in [0.3, 0.4) is 0 Å². The van der Waals surface area contributed by atoms with E-state index >= 15 is 0 Å². The minimum atomic E-state index is -0.920. The van der Waals surface area contributed by atoms with Crippen LogP contribution in [-0.4, -0.2) is 97.7 Å². The molecule has 0 spiro atoms. The number of aromatic carboxylic acids is 1. The maximum atomic E-state index is 13.2. The third-order valence-electron chi connectivity index (χ3n) is 12.2. The number of aromatic amines is 2. The Bertz CT molecular complexity index is 2890. The highest BCUT2D eigenvalue weighted by Crippen LogP contribution is 2.32. The molecule has 2 aliphatic heterocycles. The number of aromatic nitrogens is 10. The van der Waals surface area contributed by atoms with Crippen molar-refractivity contribution in [3.8, 4) is 22.5 Å². The van der Waals surface area contributed by atoms with E-state index in [4.69, 9.17) is 5.11 Å². The van der Waals surface area contributed by atoms with Gasteiger partial charge in [-0.15, -0.1) is 10.2 Å². The zero-order valence-corrected chi connectivity index (χ0v) is 36.7. The van der Waals surface area contributed by atoms with Gasteiger partial charge in [0.05, 0.1) is 40.4 Å². The second kappa shape index (κ2) is 18.5. The summed E-state index contributed by atoms with van der Waals surface area (Å²) in [6.45, 7) is 15.6. The van der Waals surface area contributed by atoms with Crippen molar-refractivity contribution in [1.82, 2.24) is 59.8 Å². The van der Waals surface area contributed by atoms with Gasteiger partial charge in [0.25, 0.3) is 5.91 Å². The molecule has 2 aliphatic rings. The minimum Gasteiger partial charge on any atom is -0.478 e. The lowest BCUT2D eigenvalue weighted by Crippen LogP contribution is -2.38. The second-order valence-corrected chi connectivity index (χ2v) is 16.7. The zero-order chi connectivity index (χ0) is 44.2. The fourth-order valence-corrected chi connectivity index (χ4v) is 8.72. The summed E-state index contributed by atoms with van der Waals surface area (Å²) < 4.78 is 3.59. The molecule has 0 aliphatic carbocycles. The second-order valence-electron chi connectivity index (χ2n) is 16.7. The van der Waals surface area contributed by atoms with Crippen LogP contribution in [0.15, 0.2) is 85.5 Å². The summed E-state index contributed by atoms with van der Waals surface area (Å²) in [4.78, 5) is 41.6. The number of rotatable bonds is 6. The number of pyridine rings is 2. The molecule has 1 amide bonds. The number of amides is 1. The van der Waals surface area contributed by atoms with Crippen molar-refractivity contribution in [2.75, 3.05) is 26.2 Å². The van der Waals surface area contributed by atoms with E-state index in [2.05, 4.69) is 77.1 Å². The van der Waals surface area contributed by atoms with E-state index in [0.717, 1.165) is 112 Å². The molecule has 8 heterocycles. The molecular formula is C48H54N12O3. The molecule has 0 radical (unpaired) electrons. The van der Waals surface area contributed by atoms with Crippen LogP contribution in [0.5, 0.6) is 0 Å². The Morgan fingerprint density at radius 3 is 1.57 bits per heavy atom. The summed E-state index contributed by atoms with van der Waals surface area (Å²) in [5.41, 5.74) is 13.6. The first kappa shape index (κ1) is 42.7. The fourth-order valence-electron chi connectivity index (χ4n) is 8.72. The van der Waals surface area contributed by atoms with Crippen LogP contribution in [0, 0.1) is 41.5 Å². The van der Waals surface area contributed by atoms with Gasteiger partial charge >= 0.3 is 5.97 Å². The topological polar surface area (TPSA) is 187 Å². The summed E-state index contributed by atoms with van der Waals surface area (Å²) in [5.74, 6) is 2.04. The Kier molecular flexibility index (Phi) is 12.6. The molecule has 4 N–H and O–H groups in total. The molecule has 2 saturated heterocycles. The Morgan fingerprint density at radius 1 is 0.619 bits per heavy atom. The van der Waals surface area contributed by atoms with Crippen molar-refractivity contribution in [2.45, 2.75) is 79.1 Å². The van der Waals surface area contributed by atoms with Gasteiger partial charge in [-0.05, 0) is 163 Å². The highest BCUT2D eigenvalue weighted by Gasteiger charge is 2.26. The first-order chi connectivity index (χ1) is 30.4. The molecule has 10 rings (SSSR count). The van der Waals surface area contributed by atoms with E-state index in [1.807, 2.05) is 86.9 Å². The lowest BCUT2D eigenvalue weighted by molar-refractivity contribution is 0.0693. The van der Waals surface area contributed by atoms with E-state index < -0.39 is 5.97 Å². The first-order valence-electron chi connectivity index (χ1n) is 21.5. The Labute approximate surface area is 366 Å². The van der Waals surface area contributed by atoms with E-state index in [1.54, 1.807) is 22.8 Å². The summed E-state index contributed by atoms with van der Waals surface area (Å²) in [6, 6.07) is 19.7. The molecule has 15 heteroatoms. The maximum absolute atomic E-state index is 13.2. The fraction of sp³-hybridized carbons (Fsp3) is 0.333. The van der Waals surface area contributed by atoms with Crippen molar-refractivity contribution in [2.24, 2.45) is 0 Å². The van der Waals surface area contributed by atoms with Crippen LogP contribution in [0.4, 0.5) is 0 Å². The highest BCUT2D eigenvalue weighted by atomic mass is 16.4. The molecule has 6 aromatic heterocycles. The van der Waals surface area contributed by atoms with E-state index in [-0.39, 0.29) is 11.5 Å². The maximum Gasteiger partial charge on any atom is 0.335 e. The van der Waals surface area contributed by atoms with Crippen LogP contribution in [-0.2, 0) is 0 Å². The quantitative estimate of drug-likeness (QED) is 0.128. The van der Waals surface area contributed by atoms with Gasteiger partial charge in [0.1, 0.15) is 11.6 Å². The molecule has 0 bridgehead atoms. The number of likely N-dealkylation sites (tertiary alicyclic amines) is 1. The van der Waals surface area contributed by atoms with Crippen molar-refractivity contribution < 1.29 is 14.7 Å². The molecule has 0 saturated carbocycles. The van der Waals surface area contributed by atoms with E-state index in [1.165, 1.54) is 24.0 Å². The number of hydrogen-bond acceptors (Lipinski definition) is 9. The number of hydrogen-bond donors (Lipinski definition) is 4. The number of piperidine rings is 2. The molecule has 0 unspecified atom stereocenters. The minimum absolute atomic E-state index is 0.0973. The monoisotopic (exact) mass is 846 g/mol. The number of nitrogens with one attached hydrogen (secondary N) is 3. The molecular weight excluding hydrogens is 793 g/mol. The summed E-state index contributed by atoms with van der Waals surface area (Å²) in [5, 5.41) is 28.2. The number of aryl methyl sites for hydroxylation is 6. The van der Waals surface area contributed by atoms with Gasteiger partial charge in [0, 0.05) is 53.6 Å². The number of H-pyrrole nitrogens is 2. The largest absolute Gasteiger partial charge is 0.478 e. The number of carboxylic acids is 1. The number of fused-ring (bicyclic) bond motifs is 2. The third-order valence-corrected chi connectivity index (χ3v) is 12.2. The Balaban J connectivity index is 0.000000143. The average molecular weight is 847 g/mol.